The van der Waals surface area contributed by atoms with Crippen molar-refractivity contribution in [3.63, 3.8) is 0 Å². The standard InChI is InChI=1S/C32H38O7/c1-32(2,3)31(34)39-29-28(37-21-25-17-11-6-12-18-25)27(36-20-24-15-9-5-10-16-24)26(38-30(29)33)22-35-19-23-13-7-4-8-14-23/h4-18,26-30,33H,19-22H2,1-3H3/t26-,27-,28+,29+,30+/m1/s1. The molecule has 3 aromatic carbocycles. The summed E-state index contributed by atoms with van der Waals surface area (Å²) in [5.74, 6) is -0.468. The van der Waals surface area contributed by atoms with Gasteiger partial charge in [0, 0.05) is 0 Å². The Bertz CT molecular complexity index is 1130. The number of rotatable bonds is 11. The van der Waals surface area contributed by atoms with Crippen LogP contribution in [0, 0.1) is 5.41 Å². The highest BCUT2D eigenvalue weighted by molar-refractivity contribution is 5.75. The predicted molar refractivity (Wildman–Crippen MR) is 146 cm³/mol. The molecule has 4 rings (SSSR count). The Morgan fingerprint density at radius 3 is 1.67 bits per heavy atom. The molecule has 0 amide bonds. The minimum atomic E-state index is -1.42. The number of hydrogen-bond acceptors (Lipinski definition) is 7. The van der Waals surface area contributed by atoms with Crippen LogP contribution >= 0.6 is 0 Å². The lowest BCUT2D eigenvalue weighted by Crippen LogP contribution is -2.62. The minimum absolute atomic E-state index is 0.149. The molecule has 0 spiro atoms. The average Bonchev–Trinajstić information content (AvgIpc) is 2.94. The van der Waals surface area contributed by atoms with Gasteiger partial charge in [0.15, 0.2) is 12.4 Å². The van der Waals surface area contributed by atoms with E-state index in [9.17, 15) is 9.90 Å². The SMILES string of the molecule is CC(C)(C)C(=O)O[C@H]1[C@@H](OCc2ccccc2)[C@H](OCc2ccccc2)[C@@H](COCc2ccccc2)O[C@@H]1O. The van der Waals surface area contributed by atoms with Crippen molar-refractivity contribution in [3.8, 4) is 0 Å². The molecule has 0 aromatic heterocycles. The summed E-state index contributed by atoms with van der Waals surface area (Å²) in [4.78, 5) is 12.9. The Morgan fingerprint density at radius 1 is 0.718 bits per heavy atom. The van der Waals surface area contributed by atoms with Crippen LogP contribution in [0.25, 0.3) is 0 Å². The van der Waals surface area contributed by atoms with E-state index < -0.39 is 42.1 Å². The van der Waals surface area contributed by atoms with Gasteiger partial charge in [-0.05, 0) is 37.5 Å². The van der Waals surface area contributed by atoms with Crippen LogP contribution in [0.2, 0.25) is 0 Å². The van der Waals surface area contributed by atoms with E-state index in [0.29, 0.717) is 6.61 Å². The fraction of sp³-hybridized carbons (Fsp3) is 0.406. The fourth-order valence-corrected chi connectivity index (χ4v) is 4.25. The van der Waals surface area contributed by atoms with Gasteiger partial charge in [-0.1, -0.05) is 91.0 Å². The molecule has 1 heterocycles. The lowest BCUT2D eigenvalue weighted by Gasteiger charge is -2.44. The first-order valence-corrected chi connectivity index (χ1v) is 13.3. The van der Waals surface area contributed by atoms with Gasteiger partial charge >= 0.3 is 5.97 Å². The number of hydrogen-bond donors (Lipinski definition) is 1. The minimum Gasteiger partial charge on any atom is -0.454 e. The highest BCUT2D eigenvalue weighted by Crippen LogP contribution is 2.31. The maximum Gasteiger partial charge on any atom is 0.311 e. The lowest BCUT2D eigenvalue weighted by molar-refractivity contribution is -0.311. The van der Waals surface area contributed by atoms with Gasteiger partial charge in [0.1, 0.15) is 18.3 Å². The zero-order valence-electron chi connectivity index (χ0n) is 22.8. The van der Waals surface area contributed by atoms with Crippen molar-refractivity contribution >= 4 is 5.97 Å². The predicted octanol–water partition coefficient (Wildman–Crippen LogP) is 5.05. The molecule has 3 aromatic rings. The fourth-order valence-electron chi connectivity index (χ4n) is 4.25. The monoisotopic (exact) mass is 534 g/mol. The third-order valence-electron chi connectivity index (χ3n) is 6.43. The summed E-state index contributed by atoms with van der Waals surface area (Å²) in [5.41, 5.74) is 2.15. The zero-order chi connectivity index (χ0) is 27.7. The molecule has 39 heavy (non-hydrogen) atoms. The highest BCUT2D eigenvalue weighted by Gasteiger charge is 2.50. The van der Waals surface area contributed by atoms with Crippen molar-refractivity contribution in [2.45, 2.75) is 71.3 Å². The van der Waals surface area contributed by atoms with Gasteiger partial charge in [-0.2, -0.15) is 0 Å². The third-order valence-corrected chi connectivity index (χ3v) is 6.43. The van der Waals surface area contributed by atoms with Gasteiger partial charge in [0.25, 0.3) is 0 Å². The van der Waals surface area contributed by atoms with E-state index >= 15 is 0 Å². The summed E-state index contributed by atoms with van der Waals surface area (Å²) in [7, 11) is 0. The van der Waals surface area contributed by atoms with Gasteiger partial charge in [-0.25, -0.2) is 0 Å². The molecule has 1 N–H and O–H groups in total. The Balaban J connectivity index is 1.57. The largest absolute Gasteiger partial charge is 0.454 e. The Morgan fingerprint density at radius 2 is 1.18 bits per heavy atom. The van der Waals surface area contributed by atoms with Crippen molar-refractivity contribution < 1.29 is 33.6 Å². The van der Waals surface area contributed by atoms with E-state index in [2.05, 4.69) is 0 Å². The van der Waals surface area contributed by atoms with E-state index in [1.165, 1.54) is 0 Å². The van der Waals surface area contributed by atoms with Crippen LogP contribution < -0.4 is 0 Å². The number of aliphatic hydroxyl groups excluding tert-OH is 1. The summed E-state index contributed by atoms with van der Waals surface area (Å²) >= 11 is 0. The first-order valence-electron chi connectivity index (χ1n) is 13.3. The van der Waals surface area contributed by atoms with Gasteiger partial charge in [-0.3, -0.25) is 4.79 Å². The third kappa shape index (κ3) is 8.46. The van der Waals surface area contributed by atoms with Crippen molar-refractivity contribution in [1.82, 2.24) is 0 Å². The van der Waals surface area contributed by atoms with Crippen LogP contribution in [-0.2, 0) is 48.3 Å². The quantitative estimate of drug-likeness (QED) is 0.345. The summed E-state index contributed by atoms with van der Waals surface area (Å²) in [6, 6.07) is 29.3. The molecule has 7 heteroatoms. The Labute approximate surface area is 230 Å². The Kier molecular flexibility index (Phi) is 10.3. The van der Waals surface area contributed by atoms with Gasteiger partial charge in [0.2, 0.25) is 0 Å². The number of carbonyl (C=O) groups excluding carboxylic acids is 1. The number of benzene rings is 3. The zero-order valence-corrected chi connectivity index (χ0v) is 22.8. The second kappa shape index (κ2) is 13.8. The number of aliphatic hydroxyl groups is 1. The number of carbonyl (C=O) groups is 1. The molecule has 1 aliphatic rings. The molecule has 0 bridgehead atoms. The van der Waals surface area contributed by atoms with Crippen LogP contribution in [0.5, 0.6) is 0 Å². The summed E-state index contributed by atoms with van der Waals surface area (Å²) in [6.45, 7) is 6.32. The molecule has 208 valence electrons. The molecule has 7 nitrogen and oxygen atoms in total. The maximum atomic E-state index is 12.9. The van der Waals surface area contributed by atoms with E-state index in [0.717, 1.165) is 16.7 Å². The van der Waals surface area contributed by atoms with Crippen LogP contribution in [0.15, 0.2) is 91.0 Å². The molecule has 5 atom stereocenters. The molecular weight excluding hydrogens is 496 g/mol. The first kappa shape index (κ1) is 28.9. The highest BCUT2D eigenvalue weighted by atomic mass is 16.7. The Hall–Kier alpha value is -3.07. The van der Waals surface area contributed by atoms with Crippen molar-refractivity contribution in [3.05, 3.63) is 108 Å². The number of esters is 1. The van der Waals surface area contributed by atoms with Crippen LogP contribution in [0.1, 0.15) is 37.5 Å². The van der Waals surface area contributed by atoms with Crippen LogP contribution in [0.3, 0.4) is 0 Å². The summed E-state index contributed by atoms with van der Waals surface area (Å²) in [5, 5.41) is 11.1. The van der Waals surface area contributed by atoms with Crippen molar-refractivity contribution in [2.24, 2.45) is 5.41 Å². The average molecular weight is 535 g/mol. The molecule has 0 radical (unpaired) electrons. The van der Waals surface area contributed by atoms with E-state index in [1.54, 1.807) is 20.8 Å². The van der Waals surface area contributed by atoms with E-state index in [4.69, 9.17) is 23.7 Å². The summed E-state index contributed by atoms with van der Waals surface area (Å²) < 4.78 is 30.6. The molecule has 0 aliphatic carbocycles. The van der Waals surface area contributed by atoms with Gasteiger partial charge in [0.05, 0.1) is 31.8 Å². The molecule has 0 saturated carbocycles. The van der Waals surface area contributed by atoms with Gasteiger partial charge in [-0.15, -0.1) is 0 Å². The van der Waals surface area contributed by atoms with Gasteiger partial charge < -0.3 is 28.8 Å². The molecule has 1 saturated heterocycles. The topological polar surface area (TPSA) is 83.5 Å². The van der Waals surface area contributed by atoms with Crippen molar-refractivity contribution in [1.29, 1.82) is 0 Å². The van der Waals surface area contributed by atoms with Crippen LogP contribution in [0.4, 0.5) is 0 Å². The number of ether oxygens (including phenoxy) is 5. The van der Waals surface area contributed by atoms with E-state index in [-0.39, 0.29) is 19.8 Å². The molecular formula is C32H38O7. The first-order chi connectivity index (χ1) is 18.8. The molecule has 1 fully saturated rings. The lowest BCUT2D eigenvalue weighted by atomic mass is 9.95. The maximum absolute atomic E-state index is 12.9. The molecule has 0 unspecified atom stereocenters. The normalized spacial score (nSPS) is 23.3. The van der Waals surface area contributed by atoms with Crippen LogP contribution in [-0.4, -0.2) is 48.4 Å². The summed E-state index contributed by atoms with van der Waals surface area (Å²) in [6.07, 6.45) is -4.68. The van der Waals surface area contributed by atoms with E-state index in [1.807, 2.05) is 91.0 Å². The second-order valence-corrected chi connectivity index (χ2v) is 10.7. The molecule has 1 aliphatic heterocycles. The smallest absolute Gasteiger partial charge is 0.311 e. The van der Waals surface area contributed by atoms with Crippen molar-refractivity contribution in [2.75, 3.05) is 6.61 Å². The second-order valence-electron chi connectivity index (χ2n) is 10.7.